The maximum absolute atomic E-state index is 3.67. The molecule has 0 aromatic heterocycles. The normalized spacial score (nSPS) is 18.8. The van der Waals surface area contributed by atoms with E-state index in [9.17, 15) is 0 Å². The van der Waals surface area contributed by atoms with Crippen LogP contribution in [-0.4, -0.2) is 13.1 Å². The second-order valence-electron chi connectivity index (χ2n) is 5.53. The van der Waals surface area contributed by atoms with Crippen LogP contribution in [-0.2, 0) is 12.8 Å². The van der Waals surface area contributed by atoms with Crippen molar-refractivity contribution in [3.05, 3.63) is 69.7 Å². The second-order valence-corrected chi connectivity index (χ2v) is 6.39. The standard InChI is InChI=1S/C18H20BrN/c1-20-18(12-14-7-3-5-9-17(14)19)16-11-10-13-6-2-4-8-15(13)16/h2-9,16,18,20H,10-12H2,1H3. The number of benzene rings is 2. The Labute approximate surface area is 129 Å². The fourth-order valence-electron chi connectivity index (χ4n) is 3.35. The number of halogens is 1. The summed E-state index contributed by atoms with van der Waals surface area (Å²) in [4.78, 5) is 0. The Kier molecular flexibility index (Phi) is 4.23. The van der Waals surface area contributed by atoms with E-state index in [1.807, 2.05) is 0 Å². The molecule has 2 unspecified atom stereocenters. The minimum absolute atomic E-state index is 0.498. The summed E-state index contributed by atoms with van der Waals surface area (Å²) < 4.78 is 1.21. The summed E-state index contributed by atoms with van der Waals surface area (Å²) in [5.74, 6) is 0.628. The summed E-state index contributed by atoms with van der Waals surface area (Å²) in [6.07, 6.45) is 3.54. The molecule has 0 fully saturated rings. The van der Waals surface area contributed by atoms with E-state index in [0.29, 0.717) is 12.0 Å². The van der Waals surface area contributed by atoms with Gasteiger partial charge in [0.05, 0.1) is 0 Å². The monoisotopic (exact) mass is 329 g/mol. The maximum atomic E-state index is 3.67. The lowest BCUT2D eigenvalue weighted by Gasteiger charge is -2.24. The fraction of sp³-hybridized carbons (Fsp3) is 0.333. The van der Waals surface area contributed by atoms with Crippen LogP contribution >= 0.6 is 15.9 Å². The lowest BCUT2D eigenvalue weighted by molar-refractivity contribution is 0.456. The van der Waals surface area contributed by atoms with Gasteiger partial charge in [0.25, 0.3) is 0 Å². The Morgan fingerprint density at radius 3 is 2.70 bits per heavy atom. The number of hydrogen-bond donors (Lipinski definition) is 1. The largest absolute Gasteiger partial charge is 0.316 e. The van der Waals surface area contributed by atoms with Gasteiger partial charge in [0.1, 0.15) is 0 Å². The van der Waals surface area contributed by atoms with E-state index in [2.05, 4.69) is 76.8 Å². The topological polar surface area (TPSA) is 12.0 Å². The van der Waals surface area contributed by atoms with Crippen molar-refractivity contribution in [2.24, 2.45) is 0 Å². The first kappa shape index (κ1) is 13.8. The first-order chi connectivity index (χ1) is 9.79. The van der Waals surface area contributed by atoms with E-state index in [1.165, 1.54) is 28.4 Å². The van der Waals surface area contributed by atoms with Gasteiger partial charge in [-0.15, -0.1) is 0 Å². The van der Waals surface area contributed by atoms with E-state index in [0.717, 1.165) is 6.42 Å². The number of likely N-dealkylation sites (N-methyl/N-ethyl adjacent to an activating group) is 1. The number of aryl methyl sites for hydroxylation is 1. The number of fused-ring (bicyclic) bond motifs is 1. The molecule has 2 aromatic carbocycles. The average Bonchev–Trinajstić information content (AvgIpc) is 2.90. The van der Waals surface area contributed by atoms with Gasteiger partial charge in [-0.2, -0.15) is 0 Å². The molecule has 0 saturated carbocycles. The van der Waals surface area contributed by atoms with Crippen molar-refractivity contribution in [1.29, 1.82) is 0 Å². The molecule has 2 heteroatoms. The Morgan fingerprint density at radius 1 is 1.15 bits per heavy atom. The third kappa shape index (κ3) is 2.68. The Bertz CT molecular complexity index is 593. The Morgan fingerprint density at radius 2 is 1.90 bits per heavy atom. The molecule has 0 radical (unpaired) electrons. The van der Waals surface area contributed by atoms with Gasteiger partial charge >= 0.3 is 0 Å². The Hall–Kier alpha value is -1.12. The summed E-state index contributed by atoms with van der Waals surface area (Å²) in [5.41, 5.74) is 4.46. The predicted octanol–water partition coefficient (Wildman–Crippen LogP) is 4.31. The van der Waals surface area contributed by atoms with Gasteiger partial charge in [0.2, 0.25) is 0 Å². The zero-order valence-electron chi connectivity index (χ0n) is 11.8. The minimum atomic E-state index is 0.498. The summed E-state index contributed by atoms with van der Waals surface area (Å²) in [7, 11) is 2.09. The highest BCUT2D eigenvalue weighted by atomic mass is 79.9. The van der Waals surface area contributed by atoms with E-state index < -0.39 is 0 Å². The molecular formula is C18H20BrN. The van der Waals surface area contributed by atoms with Crippen molar-refractivity contribution in [3.63, 3.8) is 0 Å². The summed E-state index contributed by atoms with van der Waals surface area (Å²) >= 11 is 3.67. The van der Waals surface area contributed by atoms with Crippen molar-refractivity contribution in [2.75, 3.05) is 7.05 Å². The molecule has 1 nitrogen and oxygen atoms in total. The number of rotatable bonds is 4. The lowest BCUT2D eigenvalue weighted by atomic mass is 9.89. The molecule has 1 N–H and O–H groups in total. The van der Waals surface area contributed by atoms with E-state index >= 15 is 0 Å². The molecule has 0 amide bonds. The molecule has 0 spiro atoms. The van der Waals surface area contributed by atoms with Gasteiger partial charge in [-0.05, 0) is 49.1 Å². The SMILES string of the molecule is CNC(Cc1ccccc1Br)C1CCc2ccccc21. The van der Waals surface area contributed by atoms with Crippen LogP contribution in [0.4, 0.5) is 0 Å². The van der Waals surface area contributed by atoms with Crippen LogP contribution in [0.3, 0.4) is 0 Å². The number of nitrogens with one attached hydrogen (secondary N) is 1. The van der Waals surface area contributed by atoms with Crippen molar-refractivity contribution in [3.8, 4) is 0 Å². The molecule has 0 bridgehead atoms. The van der Waals surface area contributed by atoms with Crippen LogP contribution in [0.25, 0.3) is 0 Å². The predicted molar refractivity (Wildman–Crippen MR) is 88.2 cm³/mol. The van der Waals surface area contributed by atoms with Gasteiger partial charge in [0.15, 0.2) is 0 Å². The van der Waals surface area contributed by atoms with E-state index in [4.69, 9.17) is 0 Å². The molecule has 0 heterocycles. The molecule has 2 atom stereocenters. The molecule has 0 saturated heterocycles. The van der Waals surface area contributed by atoms with Crippen molar-refractivity contribution in [2.45, 2.75) is 31.2 Å². The van der Waals surface area contributed by atoms with Gasteiger partial charge in [-0.1, -0.05) is 58.4 Å². The molecule has 0 aliphatic heterocycles. The highest BCUT2D eigenvalue weighted by Gasteiger charge is 2.28. The molecule has 2 aromatic rings. The maximum Gasteiger partial charge on any atom is 0.0207 e. The molecule has 3 rings (SSSR count). The fourth-order valence-corrected chi connectivity index (χ4v) is 3.80. The van der Waals surface area contributed by atoms with Crippen LogP contribution < -0.4 is 5.32 Å². The molecule has 20 heavy (non-hydrogen) atoms. The van der Waals surface area contributed by atoms with Crippen LogP contribution in [0.15, 0.2) is 53.0 Å². The van der Waals surface area contributed by atoms with E-state index in [1.54, 1.807) is 5.56 Å². The zero-order chi connectivity index (χ0) is 13.9. The quantitative estimate of drug-likeness (QED) is 0.881. The van der Waals surface area contributed by atoms with Gasteiger partial charge in [0, 0.05) is 16.4 Å². The van der Waals surface area contributed by atoms with Crippen LogP contribution in [0.1, 0.15) is 29.0 Å². The summed E-state index contributed by atoms with van der Waals surface area (Å²) in [6, 6.07) is 17.9. The summed E-state index contributed by atoms with van der Waals surface area (Å²) in [5, 5.41) is 3.54. The molecule has 104 valence electrons. The van der Waals surface area contributed by atoms with Crippen molar-refractivity contribution in [1.82, 2.24) is 5.32 Å². The highest BCUT2D eigenvalue weighted by Crippen LogP contribution is 2.36. The number of hydrogen-bond acceptors (Lipinski definition) is 1. The lowest BCUT2D eigenvalue weighted by Crippen LogP contribution is -2.33. The smallest absolute Gasteiger partial charge is 0.0207 e. The minimum Gasteiger partial charge on any atom is -0.316 e. The van der Waals surface area contributed by atoms with Crippen molar-refractivity contribution >= 4 is 15.9 Å². The first-order valence-electron chi connectivity index (χ1n) is 7.28. The summed E-state index contributed by atoms with van der Waals surface area (Å²) in [6.45, 7) is 0. The zero-order valence-corrected chi connectivity index (χ0v) is 13.4. The van der Waals surface area contributed by atoms with Gasteiger partial charge in [-0.25, -0.2) is 0 Å². The average molecular weight is 330 g/mol. The molecule has 1 aliphatic carbocycles. The Balaban J connectivity index is 1.83. The van der Waals surface area contributed by atoms with Gasteiger partial charge in [-0.3, -0.25) is 0 Å². The highest BCUT2D eigenvalue weighted by molar-refractivity contribution is 9.10. The van der Waals surface area contributed by atoms with Crippen LogP contribution in [0.5, 0.6) is 0 Å². The second kappa shape index (κ2) is 6.11. The third-order valence-corrected chi connectivity index (χ3v) is 5.21. The van der Waals surface area contributed by atoms with Crippen LogP contribution in [0.2, 0.25) is 0 Å². The first-order valence-corrected chi connectivity index (χ1v) is 8.07. The van der Waals surface area contributed by atoms with Gasteiger partial charge < -0.3 is 5.32 Å². The van der Waals surface area contributed by atoms with Crippen LogP contribution in [0, 0.1) is 0 Å². The molecular weight excluding hydrogens is 310 g/mol. The van der Waals surface area contributed by atoms with E-state index in [-0.39, 0.29) is 0 Å². The third-order valence-electron chi connectivity index (χ3n) is 4.43. The molecule has 1 aliphatic rings. The van der Waals surface area contributed by atoms with Crippen molar-refractivity contribution < 1.29 is 0 Å².